The lowest BCUT2D eigenvalue weighted by molar-refractivity contribution is 0.445. The molecule has 0 spiro atoms. The number of aromatic nitrogens is 1. The summed E-state index contributed by atoms with van der Waals surface area (Å²) in [7, 11) is 0. The van der Waals surface area contributed by atoms with Crippen LogP contribution in [0, 0.1) is 0 Å². The van der Waals surface area contributed by atoms with E-state index >= 15 is 0 Å². The van der Waals surface area contributed by atoms with Gasteiger partial charge in [-0.3, -0.25) is 9.36 Å². The zero-order chi connectivity index (χ0) is 22.9. The summed E-state index contributed by atoms with van der Waals surface area (Å²) in [4.78, 5) is 26.9. The van der Waals surface area contributed by atoms with Crippen LogP contribution in [-0.2, 0) is 5.41 Å². The summed E-state index contributed by atoms with van der Waals surface area (Å²) in [6, 6.07) is 11.6. The molecule has 9 heteroatoms. The number of benzene rings is 2. The van der Waals surface area contributed by atoms with Crippen molar-refractivity contribution >= 4 is 57.5 Å². The van der Waals surface area contributed by atoms with E-state index in [0.717, 1.165) is 17.3 Å². The Balaban J connectivity index is 1.81. The van der Waals surface area contributed by atoms with Gasteiger partial charge in [0, 0.05) is 42.7 Å². The molecule has 1 aliphatic rings. The molecule has 1 aliphatic heterocycles. The quantitative estimate of drug-likeness (QED) is 0.340. The van der Waals surface area contributed by atoms with Gasteiger partial charge in [0.25, 0.3) is 5.56 Å². The molecule has 0 amide bonds. The maximum absolute atomic E-state index is 13.6. The minimum Gasteiger partial charge on any atom is -0.505 e. The van der Waals surface area contributed by atoms with E-state index in [1.54, 1.807) is 42.5 Å². The normalized spacial score (nSPS) is 13.9. The van der Waals surface area contributed by atoms with Crippen molar-refractivity contribution in [3.05, 3.63) is 89.6 Å². The molecule has 0 saturated heterocycles. The third kappa shape index (κ3) is 3.09. The standard InChI is InChI=1S/C23H14Cl3NO4S/c1-23(2)16-9-15-17(21(29)27(16)14-8-11(25)7-13(26)18(14)23)19(28)20(22(30)31-15)32-12-5-3-10(24)4-6-12/h3-9,28H,1-2H3. The lowest BCUT2D eigenvalue weighted by Crippen LogP contribution is -2.24. The zero-order valence-electron chi connectivity index (χ0n) is 16.7. The van der Waals surface area contributed by atoms with Gasteiger partial charge in [-0.2, -0.15) is 0 Å². The first-order valence-electron chi connectivity index (χ1n) is 9.49. The van der Waals surface area contributed by atoms with E-state index in [2.05, 4.69) is 0 Å². The largest absolute Gasteiger partial charge is 0.505 e. The molecule has 3 heterocycles. The Kier molecular flexibility index (Phi) is 4.91. The van der Waals surface area contributed by atoms with Crippen molar-refractivity contribution in [3.63, 3.8) is 0 Å². The topological polar surface area (TPSA) is 72.4 Å². The van der Waals surface area contributed by atoms with E-state index in [9.17, 15) is 14.7 Å². The second kappa shape index (κ2) is 7.32. The SMILES string of the molecule is CC1(C)c2c(Cl)cc(Cl)cc2-n2c1cc1oc(=O)c(Sc3ccc(Cl)cc3)c(O)c1c2=O. The van der Waals surface area contributed by atoms with Crippen LogP contribution in [0.4, 0.5) is 0 Å². The number of hydrogen-bond donors (Lipinski definition) is 1. The van der Waals surface area contributed by atoms with Crippen molar-refractivity contribution < 1.29 is 9.52 Å². The highest BCUT2D eigenvalue weighted by molar-refractivity contribution is 7.99. The molecule has 2 aromatic heterocycles. The van der Waals surface area contributed by atoms with Crippen LogP contribution in [0.2, 0.25) is 15.1 Å². The van der Waals surface area contributed by atoms with Crippen molar-refractivity contribution in [1.29, 1.82) is 0 Å². The fourth-order valence-corrected chi connectivity index (χ4v) is 5.81. The molecule has 5 rings (SSSR count). The molecular formula is C23H14Cl3NO4S. The fourth-order valence-electron chi connectivity index (χ4n) is 4.14. The average Bonchev–Trinajstić information content (AvgIpc) is 2.93. The molecule has 0 fully saturated rings. The first-order valence-corrected chi connectivity index (χ1v) is 11.4. The summed E-state index contributed by atoms with van der Waals surface area (Å²) in [5.74, 6) is -0.434. The highest BCUT2D eigenvalue weighted by Gasteiger charge is 2.40. The summed E-state index contributed by atoms with van der Waals surface area (Å²) >= 11 is 19.6. The van der Waals surface area contributed by atoms with Crippen LogP contribution in [0.3, 0.4) is 0 Å². The van der Waals surface area contributed by atoms with Gasteiger partial charge < -0.3 is 9.52 Å². The summed E-state index contributed by atoms with van der Waals surface area (Å²) in [5, 5.41) is 12.2. The highest BCUT2D eigenvalue weighted by atomic mass is 35.5. The molecule has 0 aliphatic carbocycles. The molecule has 0 saturated carbocycles. The van der Waals surface area contributed by atoms with E-state index in [-0.39, 0.29) is 15.9 Å². The van der Waals surface area contributed by atoms with Gasteiger partial charge in [0.1, 0.15) is 15.9 Å². The Hall–Kier alpha value is -2.38. The lowest BCUT2D eigenvalue weighted by atomic mass is 9.83. The van der Waals surface area contributed by atoms with Crippen LogP contribution < -0.4 is 11.2 Å². The number of fused-ring (bicyclic) bond motifs is 4. The molecule has 0 atom stereocenters. The Morgan fingerprint density at radius 1 is 1.00 bits per heavy atom. The third-order valence-corrected chi connectivity index (χ3v) is 7.43. The van der Waals surface area contributed by atoms with Gasteiger partial charge in [-0.05, 0) is 36.4 Å². The summed E-state index contributed by atoms with van der Waals surface area (Å²) in [6.45, 7) is 3.83. The van der Waals surface area contributed by atoms with E-state index in [1.165, 1.54) is 4.57 Å². The summed E-state index contributed by atoms with van der Waals surface area (Å²) in [5.41, 5.74) is -0.0758. The van der Waals surface area contributed by atoms with Gasteiger partial charge in [0.2, 0.25) is 0 Å². The number of pyridine rings is 1. The molecule has 162 valence electrons. The minimum atomic E-state index is -0.742. The van der Waals surface area contributed by atoms with E-state index < -0.39 is 22.3 Å². The van der Waals surface area contributed by atoms with Gasteiger partial charge in [-0.1, -0.05) is 60.4 Å². The molecule has 32 heavy (non-hydrogen) atoms. The van der Waals surface area contributed by atoms with Gasteiger partial charge in [-0.15, -0.1) is 0 Å². The smallest absolute Gasteiger partial charge is 0.354 e. The molecule has 4 aromatic rings. The van der Waals surface area contributed by atoms with Crippen LogP contribution in [0.1, 0.15) is 25.1 Å². The van der Waals surface area contributed by atoms with Crippen molar-refractivity contribution in [2.45, 2.75) is 29.1 Å². The second-order valence-electron chi connectivity index (χ2n) is 7.94. The first-order chi connectivity index (χ1) is 15.1. The average molecular weight is 507 g/mol. The molecule has 0 radical (unpaired) electrons. The highest BCUT2D eigenvalue weighted by Crippen LogP contribution is 2.47. The van der Waals surface area contributed by atoms with Crippen LogP contribution in [0.15, 0.2) is 66.3 Å². The maximum atomic E-state index is 13.6. The van der Waals surface area contributed by atoms with Crippen LogP contribution in [0.5, 0.6) is 5.75 Å². The molecular weight excluding hydrogens is 493 g/mol. The van der Waals surface area contributed by atoms with Gasteiger partial charge in [0.15, 0.2) is 5.75 Å². The maximum Gasteiger partial charge on any atom is 0.354 e. The van der Waals surface area contributed by atoms with Crippen molar-refractivity contribution in [2.24, 2.45) is 0 Å². The Morgan fingerprint density at radius 2 is 1.69 bits per heavy atom. The van der Waals surface area contributed by atoms with Crippen molar-refractivity contribution in [2.75, 3.05) is 0 Å². The fraction of sp³-hybridized carbons (Fsp3) is 0.130. The first kappa shape index (κ1) is 21.5. The predicted octanol–water partition coefficient (Wildman–Crippen LogP) is 6.40. The Labute approximate surface area is 201 Å². The molecule has 1 N–H and O–H groups in total. The van der Waals surface area contributed by atoms with Crippen molar-refractivity contribution in [1.82, 2.24) is 4.57 Å². The Bertz CT molecular complexity index is 1560. The number of hydrogen-bond acceptors (Lipinski definition) is 5. The number of nitrogens with zero attached hydrogens (tertiary/aromatic N) is 1. The Morgan fingerprint density at radius 3 is 2.38 bits per heavy atom. The molecule has 0 bridgehead atoms. The number of halogens is 3. The number of rotatable bonds is 2. The predicted molar refractivity (Wildman–Crippen MR) is 127 cm³/mol. The van der Waals surface area contributed by atoms with Gasteiger partial charge >= 0.3 is 5.63 Å². The molecule has 0 unspecified atom stereocenters. The zero-order valence-corrected chi connectivity index (χ0v) is 19.8. The monoisotopic (exact) mass is 505 g/mol. The minimum absolute atomic E-state index is 0.00677. The molecule has 5 nitrogen and oxygen atoms in total. The van der Waals surface area contributed by atoms with Crippen LogP contribution in [-0.4, -0.2) is 9.67 Å². The summed E-state index contributed by atoms with van der Waals surface area (Å²) in [6.07, 6.45) is 0. The third-order valence-electron chi connectivity index (χ3n) is 5.59. The van der Waals surface area contributed by atoms with Crippen LogP contribution in [0.25, 0.3) is 16.7 Å². The van der Waals surface area contributed by atoms with E-state index in [4.69, 9.17) is 39.2 Å². The van der Waals surface area contributed by atoms with E-state index in [1.807, 2.05) is 13.8 Å². The molecule has 2 aromatic carbocycles. The van der Waals surface area contributed by atoms with Crippen LogP contribution >= 0.6 is 46.6 Å². The van der Waals surface area contributed by atoms with Crippen molar-refractivity contribution in [3.8, 4) is 11.4 Å². The number of aromatic hydroxyl groups is 1. The van der Waals surface area contributed by atoms with Gasteiger partial charge in [0.05, 0.1) is 5.69 Å². The second-order valence-corrected chi connectivity index (χ2v) is 10.3. The lowest BCUT2D eigenvalue weighted by Gasteiger charge is -2.21. The van der Waals surface area contributed by atoms with Gasteiger partial charge in [-0.25, -0.2) is 4.79 Å². The van der Waals surface area contributed by atoms with E-state index in [0.29, 0.717) is 31.3 Å². The summed E-state index contributed by atoms with van der Waals surface area (Å²) < 4.78 is 6.95.